The van der Waals surface area contributed by atoms with E-state index < -0.39 is 0 Å². The molecule has 1 saturated heterocycles. The minimum absolute atomic E-state index is 0.00798. The number of nitrogens with one attached hydrogen (secondary N) is 1. The minimum Gasteiger partial charge on any atom is -0.360 e. The molecule has 2 heterocycles. The van der Waals surface area contributed by atoms with Crippen molar-refractivity contribution >= 4 is 17.7 Å². The maximum absolute atomic E-state index is 13.1. The molecule has 0 bridgehead atoms. The van der Waals surface area contributed by atoms with Crippen LogP contribution in [-0.2, 0) is 16.1 Å². The van der Waals surface area contributed by atoms with E-state index >= 15 is 0 Å². The number of hydrogen-bond acceptors (Lipinski definition) is 5. The van der Waals surface area contributed by atoms with Crippen LogP contribution in [0, 0.1) is 5.92 Å². The summed E-state index contributed by atoms with van der Waals surface area (Å²) in [7, 11) is 3.47. The predicted octanol–water partition coefficient (Wildman–Crippen LogP) is 2.13. The van der Waals surface area contributed by atoms with Crippen LogP contribution in [0.3, 0.4) is 0 Å². The molecule has 8 heteroatoms. The molecule has 1 saturated carbocycles. The normalized spacial score (nSPS) is 20.5. The first-order valence-electron chi connectivity index (χ1n) is 10.6. The fourth-order valence-corrected chi connectivity index (χ4v) is 4.16. The average Bonchev–Trinajstić information content (AvgIpc) is 3.31. The third-order valence-corrected chi connectivity index (χ3v) is 6.01. The lowest BCUT2D eigenvalue weighted by Crippen LogP contribution is -2.35. The summed E-state index contributed by atoms with van der Waals surface area (Å²) in [5.74, 6) is 0.369. The summed E-state index contributed by atoms with van der Waals surface area (Å²) in [4.78, 5) is 40.6. The van der Waals surface area contributed by atoms with Gasteiger partial charge in [-0.05, 0) is 24.0 Å². The number of amides is 3. The maximum Gasteiger partial charge on any atom is 0.276 e. The van der Waals surface area contributed by atoms with Crippen LogP contribution in [0.15, 0.2) is 34.9 Å². The third-order valence-electron chi connectivity index (χ3n) is 6.01. The highest BCUT2D eigenvalue weighted by Gasteiger charge is 2.42. The van der Waals surface area contributed by atoms with Gasteiger partial charge in [-0.1, -0.05) is 29.4 Å². The quantitative estimate of drug-likeness (QED) is 0.766. The van der Waals surface area contributed by atoms with Gasteiger partial charge < -0.3 is 19.6 Å². The molecular weight excluding hydrogens is 396 g/mol. The number of rotatable bonds is 6. The van der Waals surface area contributed by atoms with Gasteiger partial charge in [-0.25, -0.2) is 0 Å². The highest BCUT2D eigenvalue weighted by Crippen LogP contribution is 2.40. The maximum atomic E-state index is 13.1. The van der Waals surface area contributed by atoms with E-state index in [1.165, 1.54) is 6.92 Å². The Hall–Kier alpha value is -3.16. The number of carbonyl (C=O) groups is 3. The van der Waals surface area contributed by atoms with E-state index in [1.54, 1.807) is 30.0 Å². The van der Waals surface area contributed by atoms with Crippen LogP contribution in [0.1, 0.15) is 59.0 Å². The second-order valence-electron chi connectivity index (χ2n) is 8.70. The zero-order valence-corrected chi connectivity index (χ0v) is 18.1. The van der Waals surface area contributed by atoms with Crippen molar-refractivity contribution in [3.8, 4) is 0 Å². The van der Waals surface area contributed by atoms with Gasteiger partial charge in [-0.15, -0.1) is 0 Å². The summed E-state index contributed by atoms with van der Waals surface area (Å²) < 4.78 is 5.35. The molecule has 1 aromatic heterocycles. The van der Waals surface area contributed by atoms with E-state index in [0.29, 0.717) is 31.2 Å². The summed E-state index contributed by atoms with van der Waals surface area (Å²) in [6.07, 6.45) is 2.14. The molecule has 3 amide bonds. The Morgan fingerprint density at radius 3 is 2.65 bits per heavy atom. The average molecular weight is 425 g/mol. The molecule has 0 unspecified atom stereocenters. The Bertz CT molecular complexity index is 995. The first kappa shape index (κ1) is 21.1. The zero-order valence-electron chi connectivity index (χ0n) is 18.1. The van der Waals surface area contributed by atoms with Crippen molar-refractivity contribution in [2.24, 2.45) is 5.92 Å². The molecule has 2 aliphatic rings. The number of benzene rings is 1. The Morgan fingerprint density at radius 1 is 1.19 bits per heavy atom. The second kappa shape index (κ2) is 8.53. The van der Waals surface area contributed by atoms with Crippen LogP contribution in [0.25, 0.3) is 0 Å². The number of nitrogens with zero attached hydrogens (tertiary/aromatic N) is 3. The monoisotopic (exact) mass is 424 g/mol. The van der Waals surface area contributed by atoms with Crippen molar-refractivity contribution in [1.82, 2.24) is 20.3 Å². The van der Waals surface area contributed by atoms with Gasteiger partial charge in [0.1, 0.15) is 5.76 Å². The fraction of sp³-hybridized carbons (Fsp3) is 0.478. The van der Waals surface area contributed by atoms with Crippen LogP contribution in [-0.4, -0.2) is 59.9 Å². The highest BCUT2D eigenvalue weighted by atomic mass is 16.5. The molecular formula is C23H28N4O4. The Kier molecular flexibility index (Phi) is 5.80. The first-order chi connectivity index (χ1) is 14.8. The van der Waals surface area contributed by atoms with E-state index in [1.807, 2.05) is 24.3 Å². The number of likely N-dealkylation sites (tertiary alicyclic amines) is 1. The number of carbonyl (C=O) groups excluding carboxylic acids is 3. The number of hydrogen-bond donors (Lipinski definition) is 1. The van der Waals surface area contributed by atoms with Crippen LogP contribution in [0.4, 0.5) is 0 Å². The van der Waals surface area contributed by atoms with E-state index in [2.05, 4.69) is 10.5 Å². The second-order valence-corrected chi connectivity index (χ2v) is 8.70. The van der Waals surface area contributed by atoms with Gasteiger partial charge in [0.05, 0.1) is 5.92 Å². The molecule has 1 aliphatic heterocycles. The van der Waals surface area contributed by atoms with E-state index in [0.717, 1.165) is 29.7 Å². The zero-order chi connectivity index (χ0) is 22.1. The molecule has 31 heavy (non-hydrogen) atoms. The Morgan fingerprint density at radius 2 is 1.97 bits per heavy atom. The molecule has 1 aliphatic carbocycles. The molecule has 2 atom stereocenters. The van der Waals surface area contributed by atoms with Crippen molar-refractivity contribution in [3.63, 3.8) is 0 Å². The molecule has 0 spiro atoms. The molecule has 8 nitrogen and oxygen atoms in total. The fourth-order valence-electron chi connectivity index (χ4n) is 4.16. The molecule has 2 aromatic rings. The van der Waals surface area contributed by atoms with Crippen molar-refractivity contribution < 1.29 is 18.9 Å². The van der Waals surface area contributed by atoms with Gasteiger partial charge in [0, 0.05) is 58.6 Å². The summed E-state index contributed by atoms with van der Waals surface area (Å²) in [6.45, 7) is 2.67. The highest BCUT2D eigenvalue weighted by molar-refractivity contribution is 5.93. The van der Waals surface area contributed by atoms with Gasteiger partial charge in [0.2, 0.25) is 11.8 Å². The minimum atomic E-state index is -0.343. The van der Waals surface area contributed by atoms with Gasteiger partial charge in [-0.3, -0.25) is 14.4 Å². The van der Waals surface area contributed by atoms with Crippen LogP contribution < -0.4 is 5.32 Å². The lowest BCUT2D eigenvalue weighted by molar-refractivity contribution is -0.132. The smallest absolute Gasteiger partial charge is 0.276 e. The van der Waals surface area contributed by atoms with Gasteiger partial charge >= 0.3 is 0 Å². The molecule has 164 valence electrons. The molecule has 1 N–H and O–H groups in total. The van der Waals surface area contributed by atoms with Crippen molar-refractivity contribution in [2.45, 2.75) is 38.1 Å². The van der Waals surface area contributed by atoms with Crippen molar-refractivity contribution in [2.75, 3.05) is 27.2 Å². The molecule has 2 fully saturated rings. The van der Waals surface area contributed by atoms with Crippen LogP contribution in [0.5, 0.6) is 0 Å². The van der Waals surface area contributed by atoms with Crippen LogP contribution >= 0.6 is 0 Å². The van der Waals surface area contributed by atoms with E-state index in [-0.39, 0.29) is 29.6 Å². The van der Waals surface area contributed by atoms with Crippen LogP contribution in [0.2, 0.25) is 0 Å². The summed E-state index contributed by atoms with van der Waals surface area (Å²) >= 11 is 0. The Labute approximate surface area is 181 Å². The Balaban J connectivity index is 1.56. The SMILES string of the molecule is CC(=O)NCc1cccc([C@H]2CN(C(=O)c3cc(C4CC4)on3)C[C@@H]2C(=O)N(C)C)c1. The third kappa shape index (κ3) is 4.62. The topological polar surface area (TPSA) is 95.7 Å². The predicted molar refractivity (Wildman–Crippen MR) is 113 cm³/mol. The van der Waals surface area contributed by atoms with Crippen molar-refractivity contribution in [1.29, 1.82) is 0 Å². The first-order valence-corrected chi connectivity index (χ1v) is 10.6. The lowest BCUT2D eigenvalue weighted by Gasteiger charge is -2.21. The van der Waals surface area contributed by atoms with E-state index in [4.69, 9.17) is 4.52 Å². The molecule has 4 rings (SSSR count). The standard InChI is InChI=1S/C23H28N4O4/c1-14(28)24-11-15-5-4-6-17(9-15)18-12-27(13-19(18)22(29)26(2)3)23(30)20-10-21(31-25-20)16-7-8-16/h4-6,9-10,16,18-19H,7-8,11-13H2,1-3H3,(H,24,28)/t18-,19+/m1/s1. The van der Waals surface area contributed by atoms with Crippen molar-refractivity contribution in [3.05, 3.63) is 52.9 Å². The summed E-state index contributed by atoms with van der Waals surface area (Å²) in [6, 6.07) is 9.59. The molecule has 0 radical (unpaired) electrons. The summed E-state index contributed by atoms with van der Waals surface area (Å²) in [5.41, 5.74) is 2.24. The summed E-state index contributed by atoms with van der Waals surface area (Å²) in [5, 5.41) is 6.78. The van der Waals surface area contributed by atoms with Gasteiger partial charge in [-0.2, -0.15) is 0 Å². The lowest BCUT2D eigenvalue weighted by atomic mass is 9.87. The van der Waals surface area contributed by atoms with Gasteiger partial charge in [0.25, 0.3) is 5.91 Å². The van der Waals surface area contributed by atoms with E-state index in [9.17, 15) is 14.4 Å². The number of aromatic nitrogens is 1. The van der Waals surface area contributed by atoms with Gasteiger partial charge in [0.15, 0.2) is 5.69 Å². The molecule has 1 aromatic carbocycles. The largest absolute Gasteiger partial charge is 0.360 e.